The first-order valence-electron chi connectivity index (χ1n) is 9.75. The largest absolute Gasteiger partial charge is 0.380 e. The van der Waals surface area contributed by atoms with Gasteiger partial charge in [-0.3, -0.25) is 9.59 Å². The molecule has 9 heteroatoms. The first-order chi connectivity index (χ1) is 14.9. The number of unbranched alkanes of at least 4 members (excludes halogenated alkanes) is 1. The molecule has 0 atom stereocenters. The van der Waals surface area contributed by atoms with Crippen molar-refractivity contribution in [1.29, 1.82) is 0 Å². The fraction of sp³-hybridized carbons (Fsp3) is 0.227. The Balaban J connectivity index is 1.66. The predicted molar refractivity (Wildman–Crippen MR) is 126 cm³/mol. The number of nitrogens with zero attached hydrogens (tertiary/aromatic N) is 2. The normalized spacial score (nSPS) is 10.7. The number of halogens is 3. The molecule has 1 aromatic heterocycles. The molecule has 0 aliphatic heterocycles. The maximum Gasteiger partial charge on any atom is 0.291 e. The second-order valence-electron chi connectivity index (χ2n) is 6.85. The van der Waals surface area contributed by atoms with Crippen molar-refractivity contribution in [1.82, 2.24) is 15.1 Å². The van der Waals surface area contributed by atoms with Crippen LogP contribution in [0, 0.1) is 0 Å². The molecule has 1 heterocycles. The summed E-state index contributed by atoms with van der Waals surface area (Å²) in [6.07, 6.45) is 3.30. The van der Waals surface area contributed by atoms with Gasteiger partial charge in [0.2, 0.25) is 0 Å². The molecule has 0 aliphatic carbocycles. The zero-order chi connectivity index (χ0) is 22.4. The maximum atomic E-state index is 12.2. The molecule has 0 aliphatic rings. The molecule has 3 aromatic rings. The van der Waals surface area contributed by atoms with E-state index in [1.54, 1.807) is 30.3 Å². The first kappa shape index (κ1) is 23.1. The smallest absolute Gasteiger partial charge is 0.291 e. The fourth-order valence-electron chi connectivity index (χ4n) is 2.83. The van der Waals surface area contributed by atoms with Crippen LogP contribution in [0.15, 0.2) is 53.5 Å². The second-order valence-corrected chi connectivity index (χ2v) is 8.04. The van der Waals surface area contributed by atoms with Crippen LogP contribution in [0.3, 0.4) is 0 Å². The Morgan fingerprint density at radius 1 is 1.06 bits per heavy atom. The summed E-state index contributed by atoms with van der Waals surface area (Å²) in [6, 6.07) is 12.5. The van der Waals surface area contributed by atoms with Crippen molar-refractivity contribution < 1.29 is 4.79 Å². The van der Waals surface area contributed by atoms with Gasteiger partial charge >= 0.3 is 0 Å². The molecule has 162 valence electrons. The molecule has 0 saturated carbocycles. The third kappa shape index (κ3) is 5.79. The number of anilines is 1. The topological polar surface area (TPSA) is 76.0 Å². The molecular weight excluding hydrogens is 459 g/mol. The first-order valence-corrected chi connectivity index (χ1v) is 10.9. The van der Waals surface area contributed by atoms with E-state index < -0.39 is 5.56 Å². The van der Waals surface area contributed by atoms with Gasteiger partial charge in [0.05, 0.1) is 27.6 Å². The highest BCUT2D eigenvalue weighted by Gasteiger charge is 2.11. The molecule has 2 aromatic carbocycles. The van der Waals surface area contributed by atoms with E-state index in [-0.39, 0.29) is 16.0 Å². The molecule has 6 nitrogen and oxygen atoms in total. The molecule has 1 amide bonds. The molecule has 3 rings (SSSR count). The number of benzene rings is 2. The van der Waals surface area contributed by atoms with Crippen molar-refractivity contribution in [2.45, 2.75) is 26.3 Å². The number of hydrogen-bond acceptors (Lipinski definition) is 4. The Kier molecular flexibility index (Phi) is 7.96. The molecule has 0 fully saturated rings. The van der Waals surface area contributed by atoms with E-state index in [9.17, 15) is 9.59 Å². The minimum absolute atomic E-state index is 0.0715. The maximum absolute atomic E-state index is 12.2. The number of amides is 1. The van der Waals surface area contributed by atoms with E-state index in [4.69, 9.17) is 34.8 Å². The standard InChI is InChI=1S/C22H21Cl3N4O2/c1-2-3-10-26-21(30)15-6-4-14(5-7-15)12-27-19-9-8-16(11-17(19)23)29-22(31)20(25)18(24)13-28-29/h4-9,11,13,27H,2-3,10,12H2,1H3,(H,26,30). The molecule has 0 bridgehead atoms. The summed E-state index contributed by atoms with van der Waals surface area (Å²) in [5, 5.41) is 10.6. The molecule has 0 spiro atoms. The van der Waals surface area contributed by atoms with Gasteiger partial charge in [-0.15, -0.1) is 0 Å². The average molecular weight is 480 g/mol. The van der Waals surface area contributed by atoms with E-state index in [0.29, 0.717) is 35.1 Å². The second kappa shape index (κ2) is 10.7. The van der Waals surface area contributed by atoms with E-state index in [0.717, 1.165) is 23.1 Å². The third-order valence-corrected chi connectivity index (χ3v) is 5.65. The van der Waals surface area contributed by atoms with Crippen LogP contribution < -0.4 is 16.2 Å². The lowest BCUT2D eigenvalue weighted by molar-refractivity contribution is 0.0953. The highest BCUT2D eigenvalue weighted by Crippen LogP contribution is 2.25. The number of aromatic nitrogens is 2. The molecule has 0 saturated heterocycles. The highest BCUT2D eigenvalue weighted by molar-refractivity contribution is 6.41. The number of hydrogen-bond donors (Lipinski definition) is 2. The van der Waals surface area contributed by atoms with E-state index in [1.807, 2.05) is 12.1 Å². The summed E-state index contributed by atoms with van der Waals surface area (Å²) < 4.78 is 1.13. The van der Waals surface area contributed by atoms with Crippen molar-refractivity contribution >= 4 is 46.4 Å². The lowest BCUT2D eigenvalue weighted by atomic mass is 10.1. The van der Waals surface area contributed by atoms with Crippen LogP contribution in [-0.4, -0.2) is 22.2 Å². The van der Waals surface area contributed by atoms with Gasteiger partial charge in [0.1, 0.15) is 5.02 Å². The van der Waals surface area contributed by atoms with Gasteiger partial charge in [-0.25, -0.2) is 0 Å². The third-order valence-electron chi connectivity index (χ3n) is 4.59. The number of carbonyl (C=O) groups is 1. The lowest BCUT2D eigenvalue weighted by Crippen LogP contribution is -2.24. The zero-order valence-corrected chi connectivity index (χ0v) is 19.1. The summed E-state index contributed by atoms with van der Waals surface area (Å²) in [5.74, 6) is -0.0715. The Hall–Kier alpha value is -2.54. The number of nitrogens with one attached hydrogen (secondary N) is 2. The summed E-state index contributed by atoms with van der Waals surface area (Å²) in [4.78, 5) is 24.3. The summed E-state index contributed by atoms with van der Waals surface area (Å²) >= 11 is 18.1. The van der Waals surface area contributed by atoms with Crippen LogP contribution in [0.1, 0.15) is 35.7 Å². The van der Waals surface area contributed by atoms with Crippen molar-refractivity contribution in [2.24, 2.45) is 0 Å². The van der Waals surface area contributed by atoms with E-state index >= 15 is 0 Å². The molecular formula is C22H21Cl3N4O2. The molecule has 2 N–H and O–H groups in total. The zero-order valence-electron chi connectivity index (χ0n) is 16.8. The minimum atomic E-state index is -0.523. The van der Waals surface area contributed by atoms with Crippen LogP contribution in [-0.2, 0) is 6.54 Å². The Bertz CT molecular complexity index is 1130. The van der Waals surface area contributed by atoms with Gasteiger partial charge in [-0.05, 0) is 42.3 Å². The Morgan fingerprint density at radius 2 is 1.81 bits per heavy atom. The van der Waals surface area contributed by atoms with Crippen LogP contribution in [0.5, 0.6) is 0 Å². The van der Waals surface area contributed by atoms with Gasteiger partial charge in [0.15, 0.2) is 0 Å². The van der Waals surface area contributed by atoms with E-state index in [1.165, 1.54) is 6.20 Å². The van der Waals surface area contributed by atoms with Crippen molar-refractivity contribution in [3.05, 3.63) is 85.2 Å². The van der Waals surface area contributed by atoms with Gasteiger partial charge in [0, 0.05) is 18.7 Å². The van der Waals surface area contributed by atoms with Gasteiger partial charge < -0.3 is 10.6 Å². The van der Waals surface area contributed by atoms with Crippen molar-refractivity contribution in [2.75, 3.05) is 11.9 Å². The minimum Gasteiger partial charge on any atom is -0.380 e. The van der Waals surface area contributed by atoms with E-state index in [2.05, 4.69) is 22.7 Å². The highest BCUT2D eigenvalue weighted by atomic mass is 35.5. The van der Waals surface area contributed by atoms with Gasteiger partial charge in [-0.1, -0.05) is 60.3 Å². The summed E-state index contributed by atoms with van der Waals surface area (Å²) in [7, 11) is 0. The van der Waals surface area contributed by atoms with Crippen LogP contribution >= 0.6 is 34.8 Å². The summed E-state index contributed by atoms with van der Waals surface area (Å²) in [5.41, 5.74) is 2.26. The quantitative estimate of drug-likeness (QED) is 0.428. The Labute approximate surface area is 195 Å². The number of carbonyl (C=O) groups excluding carboxylic acids is 1. The Morgan fingerprint density at radius 3 is 2.48 bits per heavy atom. The molecule has 0 radical (unpaired) electrons. The van der Waals surface area contributed by atoms with Crippen molar-refractivity contribution in [3.8, 4) is 5.69 Å². The van der Waals surface area contributed by atoms with Crippen molar-refractivity contribution in [3.63, 3.8) is 0 Å². The molecule has 31 heavy (non-hydrogen) atoms. The monoisotopic (exact) mass is 478 g/mol. The van der Waals surface area contributed by atoms with Crippen LogP contribution in [0.2, 0.25) is 15.1 Å². The predicted octanol–water partition coefficient (Wildman–Crippen LogP) is 5.33. The van der Waals surface area contributed by atoms with Crippen LogP contribution in [0.25, 0.3) is 5.69 Å². The van der Waals surface area contributed by atoms with Gasteiger partial charge in [-0.2, -0.15) is 9.78 Å². The molecule has 0 unspecified atom stereocenters. The van der Waals surface area contributed by atoms with Crippen LogP contribution in [0.4, 0.5) is 5.69 Å². The SMILES string of the molecule is CCCCNC(=O)c1ccc(CNc2ccc(-n3ncc(Cl)c(Cl)c3=O)cc2Cl)cc1. The summed E-state index contributed by atoms with van der Waals surface area (Å²) in [6.45, 7) is 3.27. The lowest BCUT2D eigenvalue weighted by Gasteiger charge is -2.12. The number of rotatable bonds is 8. The fourth-order valence-corrected chi connectivity index (χ4v) is 3.32. The van der Waals surface area contributed by atoms with Gasteiger partial charge in [0.25, 0.3) is 11.5 Å². The average Bonchev–Trinajstić information content (AvgIpc) is 2.77.